The van der Waals surface area contributed by atoms with Gasteiger partial charge in [-0.2, -0.15) is 0 Å². The molecule has 0 aliphatic rings. The summed E-state index contributed by atoms with van der Waals surface area (Å²) in [5.74, 6) is -1.98. The van der Waals surface area contributed by atoms with Crippen molar-refractivity contribution in [1.29, 1.82) is 0 Å². The lowest BCUT2D eigenvalue weighted by Gasteiger charge is -2.37. The van der Waals surface area contributed by atoms with Gasteiger partial charge in [0.2, 0.25) is 0 Å². The van der Waals surface area contributed by atoms with E-state index in [1.807, 2.05) is 13.1 Å². The van der Waals surface area contributed by atoms with Crippen LogP contribution >= 0.6 is 0 Å². The highest BCUT2D eigenvalue weighted by Gasteiger charge is 2.41. The van der Waals surface area contributed by atoms with Gasteiger partial charge in [-0.15, -0.1) is 0 Å². The number of rotatable bonds is 27. The largest absolute Gasteiger partial charge is 0.463 e. The van der Waals surface area contributed by atoms with Gasteiger partial charge < -0.3 is 40.8 Å². The third-order valence-electron chi connectivity index (χ3n) is 6.42. The minimum absolute atomic E-state index is 0.0594. The molecule has 264 valence electrons. The Morgan fingerprint density at radius 1 is 0.478 bits per heavy atom. The summed E-state index contributed by atoms with van der Waals surface area (Å²) in [6.45, 7) is 25.0. The van der Waals surface area contributed by atoms with Gasteiger partial charge in [0.15, 0.2) is 16.6 Å². The molecule has 0 aromatic heterocycles. The first-order valence-corrected chi connectivity index (χ1v) is 26.5. The van der Waals surface area contributed by atoms with Gasteiger partial charge in [0.1, 0.15) is 26.4 Å². The average Bonchev–Trinajstić information content (AvgIpc) is 2.99. The molecule has 17 heteroatoms. The molecule has 0 spiro atoms. The van der Waals surface area contributed by atoms with Gasteiger partial charge in [-0.05, 0) is 63.5 Å². The summed E-state index contributed by atoms with van der Waals surface area (Å²) < 4.78 is 51.5. The fourth-order valence-corrected chi connectivity index (χ4v) is 22.2. The van der Waals surface area contributed by atoms with Crippen molar-refractivity contribution in [3.63, 3.8) is 0 Å². The van der Waals surface area contributed by atoms with Crippen LogP contribution in [0.2, 0.25) is 63.5 Å². The smallest absolute Gasteiger partial charge is 0.334 e. The molecular weight excluding hydrogens is 669 g/mol. The Hall–Kier alpha value is -2.23. The summed E-state index contributed by atoms with van der Waals surface area (Å²) in [6, 6.07) is 2.78. The Bertz CT molecular complexity index is 978. The van der Waals surface area contributed by atoms with Crippen LogP contribution in [0.15, 0.2) is 38.0 Å². The van der Waals surface area contributed by atoms with Crippen LogP contribution in [0, 0.1) is 0 Å². The zero-order valence-corrected chi connectivity index (χ0v) is 32.6. The van der Waals surface area contributed by atoms with Crippen molar-refractivity contribution in [3.05, 3.63) is 38.0 Å². The molecule has 13 nitrogen and oxygen atoms in total. The monoisotopic (exact) mass is 722 g/mol. The predicted octanol–water partition coefficient (Wildman–Crippen LogP) is 4.37. The second-order valence-electron chi connectivity index (χ2n) is 11.7. The maximum absolute atomic E-state index is 11.4. The van der Waals surface area contributed by atoms with Crippen molar-refractivity contribution in [3.8, 4) is 0 Å². The molecule has 0 saturated carbocycles. The Kier molecular flexibility index (Phi) is 21.3. The molecule has 0 amide bonds. The van der Waals surface area contributed by atoms with Crippen molar-refractivity contribution in [2.45, 2.75) is 70.4 Å². The number of carbonyl (C=O) groups is 4. The van der Waals surface area contributed by atoms with Crippen molar-refractivity contribution in [2.24, 2.45) is 0 Å². The molecule has 0 saturated heterocycles. The summed E-state index contributed by atoms with van der Waals surface area (Å²) in [5.41, 5.74) is 0. The molecule has 0 bridgehead atoms. The molecule has 1 atom stereocenters. The lowest BCUT2D eigenvalue weighted by molar-refractivity contribution is -0.142. The quantitative estimate of drug-likeness (QED) is 0.0388. The number of hydrogen-bond acceptors (Lipinski definition) is 13. The van der Waals surface area contributed by atoms with E-state index in [-0.39, 0.29) is 58.8 Å². The first-order valence-electron chi connectivity index (χ1n) is 15.2. The van der Waals surface area contributed by atoms with E-state index in [4.69, 9.17) is 40.8 Å². The van der Waals surface area contributed by atoms with E-state index in [0.29, 0.717) is 12.1 Å². The van der Waals surface area contributed by atoms with Gasteiger partial charge in [0.25, 0.3) is 0 Å². The Balaban J connectivity index is 5.33. The molecular formula is C29H54O13Si4. The number of hydrogen-bond donors (Lipinski definition) is 0. The second-order valence-corrected chi connectivity index (χ2v) is 27.3. The molecule has 46 heavy (non-hydrogen) atoms. The molecule has 0 aromatic rings. The summed E-state index contributed by atoms with van der Waals surface area (Å²) in [7, 11) is -9.99. The maximum Gasteiger partial charge on any atom is 0.334 e. The first-order chi connectivity index (χ1) is 21.4. The third kappa shape index (κ3) is 22.3. The van der Waals surface area contributed by atoms with Crippen LogP contribution < -0.4 is 0 Å². The molecule has 0 rings (SSSR count). The second kappa shape index (κ2) is 22.4. The summed E-state index contributed by atoms with van der Waals surface area (Å²) >= 11 is 0. The van der Waals surface area contributed by atoms with Crippen LogP contribution in [0.4, 0.5) is 0 Å². The lowest BCUT2D eigenvalue weighted by Crippen LogP contribution is -2.49. The number of ether oxygens (including phenoxy) is 4. The van der Waals surface area contributed by atoms with Crippen molar-refractivity contribution >= 4 is 57.6 Å². The summed E-state index contributed by atoms with van der Waals surface area (Å²) in [6.07, 6.45) is 3.27. The minimum atomic E-state index is -2.78. The third-order valence-corrected chi connectivity index (χ3v) is 20.3. The molecule has 0 aromatic carbocycles. The van der Waals surface area contributed by atoms with Gasteiger partial charge in [-0.25, -0.2) is 14.4 Å². The molecule has 0 aliphatic carbocycles. The van der Waals surface area contributed by atoms with Gasteiger partial charge in [0, 0.05) is 25.2 Å². The van der Waals surface area contributed by atoms with E-state index in [2.05, 4.69) is 45.9 Å². The molecule has 0 fully saturated rings. The predicted molar refractivity (Wildman–Crippen MR) is 182 cm³/mol. The fraction of sp³-hybridized carbons (Fsp3) is 0.655. The van der Waals surface area contributed by atoms with Crippen molar-refractivity contribution in [2.75, 3.05) is 52.9 Å². The molecule has 0 radical (unpaired) electrons. The normalized spacial score (nSPS) is 13.2. The van der Waals surface area contributed by atoms with E-state index >= 15 is 0 Å². The summed E-state index contributed by atoms with van der Waals surface area (Å²) in [5, 5.41) is 0. The Labute approximate surface area is 278 Å². The van der Waals surface area contributed by atoms with E-state index < -0.39 is 51.7 Å². The van der Waals surface area contributed by atoms with Gasteiger partial charge >= 0.3 is 41.0 Å². The fourth-order valence-electron chi connectivity index (χ4n) is 4.10. The molecule has 0 heterocycles. The zero-order chi connectivity index (χ0) is 35.3. The molecule has 1 unspecified atom stereocenters. The molecule has 0 N–H and O–H groups in total. The number of carbonyl (C=O) groups excluding carboxylic acids is 4. The minimum Gasteiger partial charge on any atom is -0.463 e. The first kappa shape index (κ1) is 43.8. The maximum atomic E-state index is 11.4. The highest BCUT2D eigenvalue weighted by atomic mass is 28.4. The van der Waals surface area contributed by atoms with E-state index in [1.54, 1.807) is 0 Å². The zero-order valence-electron chi connectivity index (χ0n) is 28.6. The van der Waals surface area contributed by atoms with Crippen LogP contribution in [-0.4, -0.2) is 110 Å². The topological polar surface area (TPSA) is 151 Å². The Morgan fingerprint density at radius 3 is 1.02 bits per heavy atom. The SMILES string of the molecule is C=CC(=O)OCCO[Si](C)(CC[Si](C)(C)O[Si](C)(C)CC[Si](C)(OCCOC(=O)C=C)OCCOC(=O)C=C)OCCOC(C)=O. The average molecular weight is 723 g/mol. The van der Waals surface area contributed by atoms with E-state index in [9.17, 15) is 19.2 Å². The lowest BCUT2D eigenvalue weighted by atomic mass is 10.6. The van der Waals surface area contributed by atoms with Crippen molar-refractivity contribution < 1.29 is 59.9 Å². The molecule has 0 aliphatic heterocycles. The van der Waals surface area contributed by atoms with Gasteiger partial charge in [0.05, 0.1) is 26.4 Å². The van der Waals surface area contributed by atoms with Crippen LogP contribution in [0.1, 0.15) is 6.92 Å². The van der Waals surface area contributed by atoms with Crippen LogP contribution in [-0.2, 0) is 59.9 Å². The van der Waals surface area contributed by atoms with E-state index in [1.165, 1.54) is 6.92 Å². The number of esters is 4. The van der Waals surface area contributed by atoms with E-state index in [0.717, 1.165) is 30.3 Å². The van der Waals surface area contributed by atoms with Crippen LogP contribution in [0.3, 0.4) is 0 Å². The van der Waals surface area contributed by atoms with Gasteiger partial charge in [-0.1, -0.05) is 19.7 Å². The highest BCUT2D eigenvalue weighted by molar-refractivity contribution is 6.86. The summed E-state index contributed by atoms with van der Waals surface area (Å²) in [4.78, 5) is 45.4. The van der Waals surface area contributed by atoms with Crippen molar-refractivity contribution in [1.82, 2.24) is 0 Å². The van der Waals surface area contributed by atoms with Crippen LogP contribution in [0.5, 0.6) is 0 Å². The Morgan fingerprint density at radius 2 is 0.761 bits per heavy atom. The highest BCUT2D eigenvalue weighted by Crippen LogP contribution is 2.30. The van der Waals surface area contributed by atoms with Gasteiger partial charge in [-0.3, -0.25) is 4.79 Å². The van der Waals surface area contributed by atoms with Crippen LogP contribution in [0.25, 0.3) is 0 Å². The standard InChI is InChI=1S/C29H54O13Si4/c1-11-27(31)35-15-19-39-45(9,38-18-14-34-26(4)30)24-22-43(5,6)42-44(7,8)23-25-46(10,40-20-16-36-28(32)12-2)41-21-17-37-29(33)13-3/h11-13H,1-3,14-25H2,4-10H3.